The summed E-state index contributed by atoms with van der Waals surface area (Å²) in [5, 5.41) is 8.88. The maximum atomic E-state index is 10.8. The highest BCUT2D eigenvalue weighted by Crippen LogP contribution is 2.15. The van der Waals surface area contributed by atoms with Gasteiger partial charge < -0.3 is 15.7 Å². The third-order valence-electron chi connectivity index (χ3n) is 3.40. The Morgan fingerprint density at radius 3 is 2.56 bits per heavy atom. The van der Waals surface area contributed by atoms with Gasteiger partial charge in [-0.2, -0.15) is 0 Å². The van der Waals surface area contributed by atoms with Gasteiger partial charge >= 0.3 is 6.09 Å². The molecule has 0 saturated carbocycles. The Balaban J connectivity index is 1.93. The summed E-state index contributed by atoms with van der Waals surface area (Å²) in [5.41, 5.74) is 8.96. The van der Waals surface area contributed by atoms with Gasteiger partial charge in [0.05, 0.1) is 0 Å². The van der Waals surface area contributed by atoms with E-state index in [2.05, 4.69) is 11.8 Å². The minimum Gasteiger partial charge on any atom is -0.465 e. The second-order valence-corrected chi connectivity index (χ2v) is 4.73. The lowest BCUT2D eigenvalue weighted by molar-refractivity contribution is 0.103. The van der Waals surface area contributed by atoms with Crippen molar-refractivity contribution in [2.75, 3.05) is 31.9 Å². The SMILES string of the molecule is Cc1cc(N)ccc1CN1CCN(C(=O)O)CC1. The molecule has 1 aliphatic rings. The van der Waals surface area contributed by atoms with Gasteiger partial charge in [0.25, 0.3) is 0 Å². The van der Waals surface area contributed by atoms with Crippen LogP contribution in [0.25, 0.3) is 0 Å². The number of hydrogen-bond donors (Lipinski definition) is 2. The number of carbonyl (C=O) groups is 1. The van der Waals surface area contributed by atoms with Gasteiger partial charge in [-0.3, -0.25) is 4.90 Å². The largest absolute Gasteiger partial charge is 0.465 e. The van der Waals surface area contributed by atoms with E-state index in [9.17, 15) is 4.79 Å². The number of anilines is 1. The number of aryl methyl sites for hydroxylation is 1. The maximum Gasteiger partial charge on any atom is 0.407 e. The first-order valence-corrected chi connectivity index (χ1v) is 6.11. The Kier molecular flexibility index (Phi) is 3.72. The van der Waals surface area contributed by atoms with E-state index in [4.69, 9.17) is 10.8 Å². The van der Waals surface area contributed by atoms with Gasteiger partial charge in [0, 0.05) is 38.4 Å². The first kappa shape index (κ1) is 12.7. The zero-order valence-corrected chi connectivity index (χ0v) is 10.6. The predicted octanol–water partition coefficient (Wildman–Crippen LogP) is 1.37. The summed E-state index contributed by atoms with van der Waals surface area (Å²) in [6, 6.07) is 5.94. The van der Waals surface area contributed by atoms with Crippen LogP contribution in [0.15, 0.2) is 18.2 Å². The molecular formula is C13H19N3O2. The summed E-state index contributed by atoms with van der Waals surface area (Å²) in [6.45, 7) is 5.66. The van der Waals surface area contributed by atoms with Crippen molar-refractivity contribution in [3.63, 3.8) is 0 Å². The van der Waals surface area contributed by atoms with Crippen LogP contribution in [0.5, 0.6) is 0 Å². The molecule has 1 amide bonds. The average Bonchev–Trinajstić information content (AvgIpc) is 2.33. The van der Waals surface area contributed by atoms with Gasteiger partial charge in [-0.15, -0.1) is 0 Å². The van der Waals surface area contributed by atoms with Gasteiger partial charge in [-0.05, 0) is 30.2 Å². The highest BCUT2D eigenvalue weighted by molar-refractivity contribution is 5.65. The molecule has 3 N–H and O–H groups in total. The van der Waals surface area contributed by atoms with Crippen molar-refractivity contribution < 1.29 is 9.90 Å². The standard InChI is InChI=1S/C13H19N3O2/c1-10-8-12(14)3-2-11(10)9-15-4-6-16(7-5-15)13(17)18/h2-3,8H,4-7,9,14H2,1H3,(H,17,18). The first-order valence-electron chi connectivity index (χ1n) is 6.11. The highest BCUT2D eigenvalue weighted by Gasteiger charge is 2.20. The van der Waals surface area contributed by atoms with Crippen LogP contribution in [-0.2, 0) is 6.54 Å². The zero-order valence-electron chi connectivity index (χ0n) is 10.6. The van der Waals surface area contributed by atoms with E-state index in [1.54, 1.807) is 0 Å². The average molecular weight is 249 g/mol. The van der Waals surface area contributed by atoms with E-state index in [1.165, 1.54) is 16.0 Å². The summed E-state index contributed by atoms with van der Waals surface area (Å²) >= 11 is 0. The van der Waals surface area contributed by atoms with Crippen LogP contribution in [0, 0.1) is 6.92 Å². The molecule has 1 heterocycles. The van der Waals surface area contributed by atoms with E-state index in [-0.39, 0.29) is 0 Å². The van der Waals surface area contributed by atoms with Crippen molar-refractivity contribution in [3.8, 4) is 0 Å². The second-order valence-electron chi connectivity index (χ2n) is 4.73. The number of rotatable bonds is 2. The fraction of sp³-hybridized carbons (Fsp3) is 0.462. The fourth-order valence-corrected chi connectivity index (χ4v) is 2.23. The number of nitrogens with two attached hydrogens (primary N) is 1. The number of carboxylic acid groups (broad SMARTS) is 1. The minimum atomic E-state index is -0.821. The third-order valence-corrected chi connectivity index (χ3v) is 3.40. The minimum absolute atomic E-state index is 0.587. The topological polar surface area (TPSA) is 69.8 Å². The molecule has 98 valence electrons. The van der Waals surface area contributed by atoms with Crippen molar-refractivity contribution in [2.24, 2.45) is 0 Å². The molecule has 1 aromatic rings. The molecule has 2 rings (SSSR count). The normalized spacial score (nSPS) is 16.8. The van der Waals surface area contributed by atoms with Gasteiger partial charge in [-0.25, -0.2) is 4.79 Å². The monoisotopic (exact) mass is 249 g/mol. The molecule has 1 fully saturated rings. The molecule has 0 aromatic heterocycles. The lowest BCUT2D eigenvalue weighted by Crippen LogP contribution is -2.47. The van der Waals surface area contributed by atoms with E-state index in [0.717, 1.165) is 25.3 Å². The Morgan fingerprint density at radius 1 is 1.33 bits per heavy atom. The number of piperazine rings is 1. The maximum absolute atomic E-state index is 10.8. The molecule has 0 bridgehead atoms. The lowest BCUT2D eigenvalue weighted by Gasteiger charge is -2.33. The van der Waals surface area contributed by atoms with E-state index < -0.39 is 6.09 Å². The number of nitrogens with zero attached hydrogens (tertiary/aromatic N) is 2. The Hall–Kier alpha value is -1.75. The fourth-order valence-electron chi connectivity index (χ4n) is 2.23. The number of nitrogen functional groups attached to an aromatic ring is 1. The molecule has 0 radical (unpaired) electrons. The summed E-state index contributed by atoms with van der Waals surface area (Å²) in [6.07, 6.45) is -0.821. The van der Waals surface area contributed by atoms with Crippen LogP contribution < -0.4 is 5.73 Å². The van der Waals surface area contributed by atoms with Gasteiger partial charge in [0.1, 0.15) is 0 Å². The van der Waals surface area contributed by atoms with Crippen LogP contribution >= 0.6 is 0 Å². The van der Waals surface area contributed by atoms with Gasteiger partial charge in [-0.1, -0.05) is 6.07 Å². The lowest BCUT2D eigenvalue weighted by atomic mass is 10.1. The molecule has 5 heteroatoms. The number of hydrogen-bond acceptors (Lipinski definition) is 3. The predicted molar refractivity (Wildman–Crippen MR) is 70.5 cm³/mol. The van der Waals surface area contributed by atoms with Crippen molar-refractivity contribution in [1.29, 1.82) is 0 Å². The smallest absolute Gasteiger partial charge is 0.407 e. The van der Waals surface area contributed by atoms with E-state index in [0.29, 0.717) is 13.1 Å². The number of amides is 1. The summed E-state index contributed by atoms with van der Waals surface area (Å²) in [5.74, 6) is 0. The van der Waals surface area contributed by atoms with Gasteiger partial charge in [0.15, 0.2) is 0 Å². The molecule has 18 heavy (non-hydrogen) atoms. The summed E-state index contributed by atoms with van der Waals surface area (Å²) < 4.78 is 0. The quantitative estimate of drug-likeness (QED) is 0.777. The molecule has 0 atom stereocenters. The second kappa shape index (κ2) is 5.27. The van der Waals surface area contributed by atoms with Crippen LogP contribution in [-0.4, -0.2) is 47.2 Å². The zero-order chi connectivity index (χ0) is 13.1. The first-order chi connectivity index (χ1) is 8.56. The Morgan fingerprint density at radius 2 is 2.00 bits per heavy atom. The van der Waals surface area contributed by atoms with Crippen molar-refractivity contribution >= 4 is 11.8 Å². The van der Waals surface area contributed by atoms with E-state index >= 15 is 0 Å². The van der Waals surface area contributed by atoms with Gasteiger partial charge in [0.2, 0.25) is 0 Å². The Bertz CT molecular complexity index is 440. The van der Waals surface area contributed by atoms with Crippen LogP contribution in [0.4, 0.5) is 10.5 Å². The third kappa shape index (κ3) is 2.92. The molecule has 1 aromatic carbocycles. The summed E-state index contributed by atoms with van der Waals surface area (Å²) in [4.78, 5) is 14.5. The molecule has 0 unspecified atom stereocenters. The van der Waals surface area contributed by atoms with Crippen LogP contribution in [0.2, 0.25) is 0 Å². The van der Waals surface area contributed by atoms with Crippen molar-refractivity contribution in [2.45, 2.75) is 13.5 Å². The van der Waals surface area contributed by atoms with Crippen molar-refractivity contribution in [1.82, 2.24) is 9.80 Å². The molecule has 5 nitrogen and oxygen atoms in total. The molecule has 1 aliphatic heterocycles. The highest BCUT2D eigenvalue weighted by atomic mass is 16.4. The summed E-state index contributed by atoms with van der Waals surface area (Å²) in [7, 11) is 0. The van der Waals surface area contributed by atoms with Crippen LogP contribution in [0.3, 0.4) is 0 Å². The van der Waals surface area contributed by atoms with Crippen LogP contribution in [0.1, 0.15) is 11.1 Å². The molecular weight excluding hydrogens is 230 g/mol. The van der Waals surface area contributed by atoms with E-state index in [1.807, 2.05) is 18.2 Å². The molecule has 1 saturated heterocycles. The van der Waals surface area contributed by atoms with Crippen molar-refractivity contribution in [3.05, 3.63) is 29.3 Å². The molecule has 0 spiro atoms. The molecule has 0 aliphatic carbocycles. The number of benzene rings is 1. The Labute approximate surface area is 107 Å².